The summed E-state index contributed by atoms with van der Waals surface area (Å²) in [5, 5.41) is 0. The Kier molecular flexibility index (Phi) is 5.46. The summed E-state index contributed by atoms with van der Waals surface area (Å²) in [4.78, 5) is 11.2. The number of nitrogens with zero attached hydrogens (tertiary/aromatic N) is 3. The molecule has 2 fully saturated rings. The van der Waals surface area contributed by atoms with Gasteiger partial charge in [-0.25, -0.2) is 4.98 Å². The SMILES string of the molecule is C[C@H]1CN(CCN2CCC[C@@H](c3ncc(C(F)(F)F)[nH]3)C2)CCO1. The van der Waals surface area contributed by atoms with E-state index in [1.54, 1.807) is 0 Å². The monoisotopic (exact) mass is 346 g/mol. The number of piperidine rings is 1. The van der Waals surface area contributed by atoms with Crippen LogP contribution in [0.1, 0.15) is 37.2 Å². The average molecular weight is 346 g/mol. The summed E-state index contributed by atoms with van der Waals surface area (Å²) in [5.74, 6) is 0.519. The largest absolute Gasteiger partial charge is 0.432 e. The lowest BCUT2D eigenvalue weighted by Crippen LogP contribution is -2.46. The van der Waals surface area contributed by atoms with Crippen molar-refractivity contribution >= 4 is 0 Å². The van der Waals surface area contributed by atoms with Crippen molar-refractivity contribution in [3.63, 3.8) is 0 Å². The fourth-order valence-electron chi connectivity index (χ4n) is 3.55. The number of H-pyrrole nitrogens is 1. The predicted molar refractivity (Wildman–Crippen MR) is 83.9 cm³/mol. The molecule has 0 bridgehead atoms. The van der Waals surface area contributed by atoms with E-state index in [0.29, 0.717) is 5.82 Å². The number of imidazole rings is 1. The van der Waals surface area contributed by atoms with Crippen molar-refractivity contribution in [1.82, 2.24) is 19.8 Å². The van der Waals surface area contributed by atoms with Crippen LogP contribution >= 0.6 is 0 Å². The Morgan fingerprint density at radius 2 is 2.00 bits per heavy atom. The highest BCUT2D eigenvalue weighted by Crippen LogP contribution is 2.30. The van der Waals surface area contributed by atoms with Gasteiger partial charge in [-0.05, 0) is 26.3 Å². The zero-order chi connectivity index (χ0) is 17.2. The van der Waals surface area contributed by atoms with Crippen LogP contribution in [0.4, 0.5) is 13.2 Å². The minimum absolute atomic E-state index is 0.0541. The maximum atomic E-state index is 12.7. The second-order valence-corrected chi connectivity index (χ2v) is 6.80. The predicted octanol–water partition coefficient (Wildman–Crippen LogP) is 2.33. The van der Waals surface area contributed by atoms with Crippen LogP contribution in [-0.2, 0) is 10.9 Å². The number of rotatable bonds is 4. The van der Waals surface area contributed by atoms with Gasteiger partial charge in [-0.2, -0.15) is 13.2 Å². The van der Waals surface area contributed by atoms with Crippen molar-refractivity contribution in [2.45, 2.75) is 38.0 Å². The summed E-state index contributed by atoms with van der Waals surface area (Å²) in [6.45, 7) is 8.45. The zero-order valence-corrected chi connectivity index (χ0v) is 14.0. The van der Waals surface area contributed by atoms with Gasteiger partial charge in [-0.15, -0.1) is 0 Å². The fraction of sp³-hybridized carbons (Fsp3) is 0.812. The molecule has 2 aliphatic rings. The Bertz CT molecular complexity index is 534. The van der Waals surface area contributed by atoms with Gasteiger partial charge in [0.05, 0.1) is 18.9 Å². The first-order valence-corrected chi connectivity index (χ1v) is 8.60. The van der Waals surface area contributed by atoms with E-state index in [-0.39, 0.29) is 12.0 Å². The molecular formula is C16H25F3N4O. The molecule has 2 atom stereocenters. The van der Waals surface area contributed by atoms with Gasteiger partial charge in [-0.1, -0.05) is 0 Å². The van der Waals surface area contributed by atoms with Crippen LogP contribution in [0.25, 0.3) is 0 Å². The van der Waals surface area contributed by atoms with Crippen LogP contribution in [0.3, 0.4) is 0 Å². The second-order valence-electron chi connectivity index (χ2n) is 6.80. The zero-order valence-electron chi connectivity index (χ0n) is 14.0. The van der Waals surface area contributed by atoms with Crippen molar-refractivity contribution in [2.24, 2.45) is 0 Å². The Morgan fingerprint density at radius 3 is 2.67 bits per heavy atom. The Hall–Kier alpha value is -1.12. The third-order valence-electron chi connectivity index (χ3n) is 4.85. The molecule has 0 radical (unpaired) electrons. The van der Waals surface area contributed by atoms with Gasteiger partial charge in [0.1, 0.15) is 11.5 Å². The number of hydrogen-bond acceptors (Lipinski definition) is 4. The molecule has 5 nitrogen and oxygen atoms in total. The smallest absolute Gasteiger partial charge is 0.376 e. The van der Waals surface area contributed by atoms with Gasteiger partial charge in [0.25, 0.3) is 0 Å². The van der Waals surface area contributed by atoms with Crippen molar-refractivity contribution in [3.8, 4) is 0 Å². The first-order valence-electron chi connectivity index (χ1n) is 8.60. The Balaban J connectivity index is 1.51. The van der Waals surface area contributed by atoms with E-state index in [2.05, 4.69) is 26.7 Å². The van der Waals surface area contributed by atoms with E-state index < -0.39 is 11.9 Å². The summed E-state index contributed by atoms with van der Waals surface area (Å²) < 4.78 is 43.7. The van der Waals surface area contributed by atoms with Crippen LogP contribution in [0.15, 0.2) is 6.20 Å². The van der Waals surface area contributed by atoms with Crippen molar-refractivity contribution in [1.29, 1.82) is 0 Å². The third-order valence-corrected chi connectivity index (χ3v) is 4.85. The van der Waals surface area contributed by atoms with Crippen LogP contribution in [0, 0.1) is 0 Å². The molecule has 8 heteroatoms. The standard InChI is InChI=1S/C16H25F3N4O/c1-12-10-23(7-8-24-12)6-5-22-4-2-3-13(11-22)15-20-9-14(21-15)16(17,18)19/h9,12-13H,2-8,10-11H2,1H3,(H,20,21)/t12-,13+/m0/s1. The summed E-state index contributed by atoms with van der Waals surface area (Å²) >= 11 is 0. The number of morpholine rings is 1. The van der Waals surface area contributed by atoms with Gasteiger partial charge in [0, 0.05) is 38.6 Å². The van der Waals surface area contributed by atoms with Crippen molar-refractivity contribution < 1.29 is 17.9 Å². The number of likely N-dealkylation sites (tertiary alicyclic amines) is 1. The minimum Gasteiger partial charge on any atom is -0.376 e. The molecule has 1 aromatic heterocycles. The van der Waals surface area contributed by atoms with E-state index in [0.717, 1.165) is 64.9 Å². The highest BCUT2D eigenvalue weighted by atomic mass is 19.4. The molecular weight excluding hydrogens is 321 g/mol. The Labute approximate surface area is 140 Å². The van der Waals surface area contributed by atoms with Gasteiger partial charge >= 0.3 is 6.18 Å². The van der Waals surface area contributed by atoms with Gasteiger partial charge < -0.3 is 14.6 Å². The van der Waals surface area contributed by atoms with E-state index in [1.807, 2.05) is 0 Å². The molecule has 0 aliphatic carbocycles. The van der Waals surface area contributed by atoms with Crippen LogP contribution < -0.4 is 0 Å². The van der Waals surface area contributed by atoms with Gasteiger partial charge in [0.15, 0.2) is 0 Å². The first-order chi connectivity index (χ1) is 11.4. The fourth-order valence-corrected chi connectivity index (χ4v) is 3.55. The molecule has 0 amide bonds. The number of alkyl halides is 3. The van der Waals surface area contributed by atoms with Crippen LogP contribution in [0.5, 0.6) is 0 Å². The summed E-state index contributed by atoms with van der Waals surface area (Å²) in [6.07, 6.45) is -1.30. The molecule has 0 aromatic carbocycles. The number of aromatic nitrogens is 2. The van der Waals surface area contributed by atoms with Gasteiger partial charge in [0.2, 0.25) is 0 Å². The minimum atomic E-state index is -4.35. The summed E-state index contributed by atoms with van der Waals surface area (Å²) in [7, 11) is 0. The van der Waals surface area contributed by atoms with E-state index >= 15 is 0 Å². The van der Waals surface area contributed by atoms with Crippen LogP contribution in [0.2, 0.25) is 0 Å². The molecule has 1 N–H and O–H groups in total. The van der Waals surface area contributed by atoms with Crippen molar-refractivity contribution in [2.75, 3.05) is 45.9 Å². The molecule has 3 rings (SSSR count). The van der Waals surface area contributed by atoms with Crippen molar-refractivity contribution in [3.05, 3.63) is 17.7 Å². The molecule has 2 saturated heterocycles. The summed E-state index contributed by atoms with van der Waals surface area (Å²) in [6, 6.07) is 0. The lowest BCUT2D eigenvalue weighted by Gasteiger charge is -2.35. The quantitative estimate of drug-likeness (QED) is 0.909. The number of aromatic amines is 1. The maximum absolute atomic E-state index is 12.7. The maximum Gasteiger partial charge on any atom is 0.432 e. The second kappa shape index (κ2) is 7.41. The van der Waals surface area contributed by atoms with Gasteiger partial charge in [-0.3, -0.25) is 4.90 Å². The molecule has 1 aromatic rings. The molecule has 0 saturated carbocycles. The van der Waals surface area contributed by atoms with E-state index in [4.69, 9.17) is 4.74 Å². The number of hydrogen-bond donors (Lipinski definition) is 1. The lowest BCUT2D eigenvalue weighted by molar-refractivity contribution is -0.141. The lowest BCUT2D eigenvalue weighted by atomic mass is 9.97. The summed E-state index contributed by atoms with van der Waals surface area (Å²) in [5.41, 5.74) is -0.753. The highest BCUT2D eigenvalue weighted by molar-refractivity contribution is 5.09. The number of ether oxygens (including phenoxy) is 1. The van der Waals surface area contributed by atoms with Crippen LogP contribution in [-0.4, -0.2) is 71.7 Å². The Morgan fingerprint density at radius 1 is 1.25 bits per heavy atom. The molecule has 0 spiro atoms. The topological polar surface area (TPSA) is 44.4 Å². The normalized spacial score (nSPS) is 27.5. The third kappa shape index (κ3) is 4.49. The molecule has 2 aliphatic heterocycles. The molecule has 0 unspecified atom stereocenters. The molecule has 24 heavy (non-hydrogen) atoms. The highest BCUT2D eigenvalue weighted by Gasteiger charge is 2.34. The molecule has 3 heterocycles. The van der Waals surface area contributed by atoms with E-state index in [1.165, 1.54) is 0 Å². The van der Waals surface area contributed by atoms with E-state index in [9.17, 15) is 13.2 Å². The number of halogens is 3. The first kappa shape index (κ1) is 17.7. The number of nitrogens with one attached hydrogen (secondary N) is 1. The average Bonchev–Trinajstić information content (AvgIpc) is 3.04. The molecule has 136 valence electrons.